The van der Waals surface area contributed by atoms with E-state index in [4.69, 9.17) is 0 Å². The smallest absolute Gasteiger partial charge is 0.216 e. The Labute approximate surface area is 81.1 Å². The molecule has 1 aliphatic rings. The third-order valence-corrected chi connectivity index (χ3v) is 3.20. The van der Waals surface area contributed by atoms with E-state index in [1.54, 1.807) is 6.92 Å². The van der Waals surface area contributed by atoms with Crippen LogP contribution in [0.3, 0.4) is 0 Å². The van der Waals surface area contributed by atoms with E-state index in [0.29, 0.717) is 0 Å². The SMILES string of the molecule is CC[C@@H]1CCCC[C@H]1CNC(C)=O. The first-order valence-electron chi connectivity index (χ1n) is 5.48. The fourth-order valence-electron chi connectivity index (χ4n) is 2.37. The molecule has 2 atom stereocenters. The van der Waals surface area contributed by atoms with Gasteiger partial charge in [0.1, 0.15) is 0 Å². The van der Waals surface area contributed by atoms with Gasteiger partial charge in [0, 0.05) is 13.5 Å². The van der Waals surface area contributed by atoms with E-state index in [1.807, 2.05) is 0 Å². The zero-order chi connectivity index (χ0) is 9.68. The molecule has 1 rings (SSSR count). The van der Waals surface area contributed by atoms with Crippen LogP contribution in [0.5, 0.6) is 0 Å². The van der Waals surface area contributed by atoms with Crippen molar-refractivity contribution in [3.8, 4) is 0 Å². The monoisotopic (exact) mass is 183 g/mol. The minimum Gasteiger partial charge on any atom is -0.356 e. The molecule has 0 aromatic heterocycles. The summed E-state index contributed by atoms with van der Waals surface area (Å²) in [6.07, 6.45) is 6.67. The summed E-state index contributed by atoms with van der Waals surface area (Å²) in [5, 5.41) is 2.94. The largest absolute Gasteiger partial charge is 0.356 e. The molecular weight excluding hydrogens is 162 g/mol. The molecule has 1 saturated carbocycles. The highest BCUT2D eigenvalue weighted by molar-refractivity contribution is 5.72. The maximum atomic E-state index is 10.8. The van der Waals surface area contributed by atoms with Crippen molar-refractivity contribution in [2.24, 2.45) is 11.8 Å². The lowest BCUT2D eigenvalue weighted by molar-refractivity contribution is -0.119. The van der Waals surface area contributed by atoms with Crippen molar-refractivity contribution in [1.29, 1.82) is 0 Å². The van der Waals surface area contributed by atoms with Gasteiger partial charge in [-0.25, -0.2) is 0 Å². The van der Waals surface area contributed by atoms with Gasteiger partial charge in [0.2, 0.25) is 5.91 Å². The number of nitrogens with one attached hydrogen (secondary N) is 1. The van der Waals surface area contributed by atoms with Crippen LogP contribution in [0.2, 0.25) is 0 Å². The number of hydrogen-bond donors (Lipinski definition) is 1. The van der Waals surface area contributed by atoms with Gasteiger partial charge < -0.3 is 5.32 Å². The van der Waals surface area contributed by atoms with E-state index < -0.39 is 0 Å². The van der Waals surface area contributed by atoms with Crippen molar-refractivity contribution in [2.45, 2.75) is 46.0 Å². The van der Waals surface area contributed by atoms with Gasteiger partial charge in [-0.15, -0.1) is 0 Å². The average Bonchev–Trinajstić information content (AvgIpc) is 2.15. The first-order chi connectivity index (χ1) is 6.24. The van der Waals surface area contributed by atoms with Crippen LogP contribution in [0, 0.1) is 11.8 Å². The first kappa shape index (κ1) is 10.6. The summed E-state index contributed by atoms with van der Waals surface area (Å²) in [7, 11) is 0. The molecule has 2 heteroatoms. The predicted octanol–water partition coefficient (Wildman–Crippen LogP) is 2.34. The lowest BCUT2D eigenvalue weighted by Gasteiger charge is -2.30. The van der Waals surface area contributed by atoms with Gasteiger partial charge in [-0.1, -0.05) is 32.6 Å². The highest BCUT2D eigenvalue weighted by atomic mass is 16.1. The normalized spacial score (nSPS) is 28.5. The molecule has 76 valence electrons. The van der Waals surface area contributed by atoms with Gasteiger partial charge in [-0.3, -0.25) is 4.79 Å². The summed E-state index contributed by atoms with van der Waals surface area (Å²) in [5.41, 5.74) is 0. The molecule has 0 heterocycles. The molecule has 0 aromatic carbocycles. The number of carbonyl (C=O) groups is 1. The van der Waals surface area contributed by atoms with Crippen LogP contribution >= 0.6 is 0 Å². The summed E-state index contributed by atoms with van der Waals surface area (Å²) in [4.78, 5) is 10.8. The second-order valence-electron chi connectivity index (χ2n) is 4.15. The van der Waals surface area contributed by atoms with E-state index in [1.165, 1.54) is 32.1 Å². The Morgan fingerprint density at radius 1 is 1.31 bits per heavy atom. The van der Waals surface area contributed by atoms with Crippen molar-refractivity contribution < 1.29 is 4.79 Å². The summed E-state index contributed by atoms with van der Waals surface area (Å²) in [6, 6.07) is 0. The van der Waals surface area contributed by atoms with Crippen molar-refractivity contribution in [3.05, 3.63) is 0 Å². The third kappa shape index (κ3) is 3.37. The zero-order valence-electron chi connectivity index (χ0n) is 8.81. The first-order valence-corrected chi connectivity index (χ1v) is 5.48. The molecule has 1 amide bonds. The van der Waals surface area contributed by atoms with E-state index in [9.17, 15) is 4.79 Å². The van der Waals surface area contributed by atoms with Crippen molar-refractivity contribution in [2.75, 3.05) is 6.54 Å². The summed E-state index contributed by atoms with van der Waals surface area (Å²) < 4.78 is 0. The van der Waals surface area contributed by atoms with Crippen LogP contribution in [0.15, 0.2) is 0 Å². The van der Waals surface area contributed by atoms with Crippen LogP contribution in [-0.4, -0.2) is 12.5 Å². The van der Waals surface area contributed by atoms with Crippen LogP contribution in [0.4, 0.5) is 0 Å². The standard InChI is InChI=1S/C11H21NO/c1-3-10-6-4-5-7-11(10)8-12-9(2)13/h10-11H,3-8H2,1-2H3,(H,12,13)/t10-,11+/m1/s1. The summed E-state index contributed by atoms with van der Waals surface area (Å²) in [6.45, 7) is 4.76. The molecule has 0 spiro atoms. The van der Waals surface area contributed by atoms with Gasteiger partial charge in [-0.05, 0) is 18.3 Å². The molecule has 1 fully saturated rings. The van der Waals surface area contributed by atoms with Gasteiger partial charge >= 0.3 is 0 Å². The van der Waals surface area contributed by atoms with Crippen LogP contribution in [0.25, 0.3) is 0 Å². The van der Waals surface area contributed by atoms with E-state index in [-0.39, 0.29) is 5.91 Å². The quantitative estimate of drug-likeness (QED) is 0.715. The van der Waals surface area contributed by atoms with E-state index in [0.717, 1.165) is 18.4 Å². The topological polar surface area (TPSA) is 29.1 Å². The van der Waals surface area contributed by atoms with Crippen LogP contribution in [0.1, 0.15) is 46.0 Å². The molecule has 0 unspecified atom stereocenters. The maximum Gasteiger partial charge on any atom is 0.216 e. The average molecular weight is 183 g/mol. The predicted molar refractivity (Wildman–Crippen MR) is 54.4 cm³/mol. The zero-order valence-corrected chi connectivity index (χ0v) is 8.81. The number of amides is 1. The van der Waals surface area contributed by atoms with Crippen LogP contribution in [-0.2, 0) is 4.79 Å². The Kier molecular flexibility index (Phi) is 4.26. The highest BCUT2D eigenvalue weighted by Gasteiger charge is 2.23. The van der Waals surface area contributed by atoms with Gasteiger partial charge in [0.25, 0.3) is 0 Å². The van der Waals surface area contributed by atoms with Crippen molar-refractivity contribution in [1.82, 2.24) is 5.32 Å². The fourth-order valence-corrected chi connectivity index (χ4v) is 2.37. The molecule has 13 heavy (non-hydrogen) atoms. The second-order valence-corrected chi connectivity index (χ2v) is 4.15. The Morgan fingerprint density at radius 2 is 1.92 bits per heavy atom. The van der Waals surface area contributed by atoms with Crippen molar-refractivity contribution in [3.63, 3.8) is 0 Å². The fraction of sp³-hybridized carbons (Fsp3) is 0.909. The molecule has 0 radical (unpaired) electrons. The second kappa shape index (κ2) is 5.25. The maximum absolute atomic E-state index is 10.8. The molecule has 0 bridgehead atoms. The molecule has 1 N–H and O–H groups in total. The van der Waals surface area contributed by atoms with Gasteiger partial charge in [-0.2, -0.15) is 0 Å². The molecule has 0 aromatic rings. The minimum absolute atomic E-state index is 0.112. The molecule has 0 aliphatic heterocycles. The Morgan fingerprint density at radius 3 is 2.46 bits per heavy atom. The lowest BCUT2D eigenvalue weighted by atomic mass is 9.78. The summed E-state index contributed by atoms with van der Waals surface area (Å²) in [5.74, 6) is 1.70. The number of rotatable bonds is 3. The number of carbonyl (C=O) groups excluding carboxylic acids is 1. The third-order valence-electron chi connectivity index (χ3n) is 3.20. The molecular formula is C11H21NO. The highest BCUT2D eigenvalue weighted by Crippen LogP contribution is 2.31. The Hall–Kier alpha value is -0.530. The number of hydrogen-bond acceptors (Lipinski definition) is 1. The van der Waals surface area contributed by atoms with E-state index >= 15 is 0 Å². The van der Waals surface area contributed by atoms with Gasteiger partial charge in [0.05, 0.1) is 0 Å². The molecule has 0 saturated heterocycles. The molecule has 1 aliphatic carbocycles. The Balaban J connectivity index is 2.31. The van der Waals surface area contributed by atoms with Crippen molar-refractivity contribution >= 4 is 5.91 Å². The molecule has 2 nitrogen and oxygen atoms in total. The minimum atomic E-state index is 0.112. The van der Waals surface area contributed by atoms with Gasteiger partial charge in [0.15, 0.2) is 0 Å². The Bertz CT molecular complexity index is 167. The summed E-state index contributed by atoms with van der Waals surface area (Å²) >= 11 is 0. The van der Waals surface area contributed by atoms with Crippen LogP contribution < -0.4 is 5.32 Å². The van der Waals surface area contributed by atoms with E-state index in [2.05, 4.69) is 12.2 Å². The lowest BCUT2D eigenvalue weighted by Crippen LogP contribution is -2.32.